The number of carbonyl (C=O) groups excluding carboxylic acids is 2. The molecular weight excluding hydrogens is 521 g/mol. The lowest BCUT2D eigenvalue weighted by Crippen LogP contribution is -3.16. The van der Waals surface area contributed by atoms with Crippen molar-refractivity contribution in [3.63, 3.8) is 0 Å². The van der Waals surface area contributed by atoms with Gasteiger partial charge in [0.25, 0.3) is 0 Å². The number of amides is 3. The van der Waals surface area contributed by atoms with E-state index in [1.54, 1.807) is 7.05 Å². The summed E-state index contributed by atoms with van der Waals surface area (Å²) < 4.78 is 0. The fourth-order valence-electron chi connectivity index (χ4n) is 6.10. The molecule has 7 nitrogen and oxygen atoms in total. The average Bonchev–Trinajstić information content (AvgIpc) is 2.91. The Balaban J connectivity index is 1.50. The van der Waals surface area contributed by atoms with Crippen LogP contribution in [0.5, 0.6) is 0 Å². The second kappa shape index (κ2) is 12.4. The van der Waals surface area contributed by atoms with Gasteiger partial charge in [0.05, 0.1) is 31.1 Å². The maximum atomic E-state index is 13.7. The minimum absolute atomic E-state index is 0.0325. The number of likely N-dealkylation sites (tertiary alicyclic amines) is 1. The van der Waals surface area contributed by atoms with Crippen molar-refractivity contribution in [1.29, 1.82) is 0 Å². The highest BCUT2D eigenvalue weighted by atomic mass is 35.5. The number of urea groups is 1. The third-order valence-corrected chi connectivity index (χ3v) is 9.19. The summed E-state index contributed by atoms with van der Waals surface area (Å²) in [4.78, 5) is 35.7. The first kappa shape index (κ1) is 28.9. The van der Waals surface area contributed by atoms with Gasteiger partial charge in [0.1, 0.15) is 5.69 Å². The van der Waals surface area contributed by atoms with Crippen LogP contribution in [0.4, 0.5) is 4.79 Å². The van der Waals surface area contributed by atoms with Crippen molar-refractivity contribution in [3.8, 4) is 0 Å². The summed E-state index contributed by atoms with van der Waals surface area (Å²) in [6.07, 6.45) is 9.05. The number of hydrogen-bond acceptors (Lipinski definition) is 3. The number of carbonyl (C=O) groups is 2. The van der Waals surface area contributed by atoms with Crippen LogP contribution >= 0.6 is 23.2 Å². The standard InChI is InChI=1S/C29H41Cl2N5O2/c1-29(2,3)25-19-35(27(24-7-5-6-12-33-24)21-8-9-22(30)23(31)18-21)15-16-36(25)26(37)17-20-10-13-34(14-11-20)28(38)32-4/h5-8,12,18,20,22,25,27H,9-11,13-17,19H2,1-4H3,(H,32,38)/p+1. The zero-order valence-corrected chi connectivity index (χ0v) is 24.6. The largest absolute Gasteiger partial charge is 0.341 e. The minimum atomic E-state index is -0.181. The van der Waals surface area contributed by atoms with Gasteiger partial charge in [-0.2, -0.15) is 0 Å². The number of quaternary nitrogens is 1. The van der Waals surface area contributed by atoms with E-state index in [1.165, 1.54) is 4.90 Å². The van der Waals surface area contributed by atoms with E-state index < -0.39 is 0 Å². The Bertz CT molecular complexity index is 1050. The van der Waals surface area contributed by atoms with Gasteiger partial charge in [-0.05, 0) is 48.8 Å². The molecular formula is C29H42Cl2N5O2+. The number of aromatic nitrogens is 1. The summed E-state index contributed by atoms with van der Waals surface area (Å²) in [7, 11) is 1.66. The van der Waals surface area contributed by atoms with Crippen LogP contribution in [0.3, 0.4) is 0 Å². The average molecular weight is 564 g/mol. The van der Waals surface area contributed by atoms with Crippen LogP contribution < -0.4 is 10.2 Å². The predicted octanol–water partition coefficient (Wildman–Crippen LogP) is 3.77. The summed E-state index contributed by atoms with van der Waals surface area (Å²) in [5.74, 6) is 0.556. The molecule has 2 aliphatic heterocycles. The maximum Gasteiger partial charge on any atom is 0.317 e. The maximum absolute atomic E-state index is 13.7. The van der Waals surface area contributed by atoms with Gasteiger partial charge in [-0.1, -0.05) is 44.5 Å². The Morgan fingerprint density at radius 3 is 2.55 bits per heavy atom. The number of halogens is 2. The lowest BCUT2D eigenvalue weighted by Gasteiger charge is -2.47. The molecule has 0 spiro atoms. The second-order valence-electron chi connectivity index (χ2n) is 11.9. The highest BCUT2D eigenvalue weighted by Crippen LogP contribution is 2.32. The third-order valence-electron chi connectivity index (χ3n) is 8.29. The van der Waals surface area contributed by atoms with Crippen molar-refractivity contribution in [2.45, 2.75) is 63.9 Å². The molecule has 9 heteroatoms. The van der Waals surface area contributed by atoms with Gasteiger partial charge in [-0.15, -0.1) is 11.6 Å². The molecule has 1 aromatic heterocycles. The number of piperazine rings is 1. The summed E-state index contributed by atoms with van der Waals surface area (Å²) in [6, 6.07) is 6.16. The molecule has 0 saturated carbocycles. The van der Waals surface area contributed by atoms with Gasteiger partial charge in [-0.25, -0.2) is 4.79 Å². The number of allylic oxidation sites excluding steroid dienone is 2. The van der Waals surface area contributed by atoms with Crippen LogP contribution in [-0.4, -0.2) is 77.9 Å². The van der Waals surface area contributed by atoms with E-state index >= 15 is 0 Å². The molecule has 2 N–H and O–H groups in total. The zero-order valence-electron chi connectivity index (χ0n) is 23.1. The molecule has 0 aromatic carbocycles. The number of piperidine rings is 1. The number of alkyl halides is 1. The van der Waals surface area contributed by atoms with Crippen LogP contribution in [0.2, 0.25) is 0 Å². The molecule has 38 heavy (non-hydrogen) atoms. The van der Waals surface area contributed by atoms with E-state index in [2.05, 4.69) is 43.1 Å². The molecule has 2 saturated heterocycles. The van der Waals surface area contributed by atoms with E-state index in [0.29, 0.717) is 43.4 Å². The summed E-state index contributed by atoms with van der Waals surface area (Å²) in [5.41, 5.74) is 2.09. The molecule has 1 aromatic rings. The van der Waals surface area contributed by atoms with Gasteiger partial charge in [0, 0.05) is 43.4 Å². The monoisotopic (exact) mass is 562 g/mol. The van der Waals surface area contributed by atoms with Crippen molar-refractivity contribution < 1.29 is 14.5 Å². The SMILES string of the molecule is CNC(=O)N1CCC(CC(=O)N2CC[NH+](C(C3=CCC(Cl)C(Cl)=C3)c3ccccn3)CC2C(C)(C)C)CC1. The van der Waals surface area contributed by atoms with Crippen molar-refractivity contribution >= 4 is 35.1 Å². The van der Waals surface area contributed by atoms with Crippen molar-refractivity contribution in [2.24, 2.45) is 11.3 Å². The Hall–Kier alpha value is -2.09. The third kappa shape index (κ3) is 6.72. The van der Waals surface area contributed by atoms with Crippen LogP contribution in [0, 0.1) is 11.3 Å². The van der Waals surface area contributed by atoms with Crippen LogP contribution in [0.1, 0.15) is 58.2 Å². The lowest BCUT2D eigenvalue weighted by atomic mass is 9.82. The van der Waals surface area contributed by atoms with E-state index in [-0.39, 0.29) is 34.8 Å². The van der Waals surface area contributed by atoms with E-state index in [1.807, 2.05) is 29.3 Å². The first-order valence-corrected chi connectivity index (χ1v) is 14.6. The first-order valence-electron chi connectivity index (χ1n) is 13.8. The number of nitrogens with one attached hydrogen (secondary N) is 2. The molecule has 3 aliphatic rings. The Morgan fingerprint density at radius 1 is 1.21 bits per heavy atom. The predicted molar refractivity (Wildman–Crippen MR) is 152 cm³/mol. The fraction of sp³-hybridized carbons (Fsp3) is 0.621. The number of nitrogens with zero attached hydrogens (tertiary/aromatic N) is 3. The molecule has 0 radical (unpaired) electrons. The smallest absolute Gasteiger partial charge is 0.317 e. The topological polar surface area (TPSA) is 70.0 Å². The molecule has 3 amide bonds. The summed E-state index contributed by atoms with van der Waals surface area (Å²) in [6.45, 7) is 10.5. The number of pyridine rings is 1. The zero-order chi connectivity index (χ0) is 27.4. The molecule has 4 unspecified atom stereocenters. The molecule has 0 bridgehead atoms. The molecule has 4 rings (SSSR count). The molecule has 3 heterocycles. The van der Waals surface area contributed by atoms with E-state index in [9.17, 15) is 9.59 Å². The Kier molecular flexibility index (Phi) is 9.43. The van der Waals surface area contributed by atoms with Crippen LogP contribution in [-0.2, 0) is 4.79 Å². The Morgan fingerprint density at radius 2 is 1.95 bits per heavy atom. The fourth-order valence-corrected chi connectivity index (χ4v) is 6.47. The van der Waals surface area contributed by atoms with Gasteiger partial charge in [0.15, 0.2) is 6.04 Å². The molecule has 208 valence electrons. The normalized spacial score (nSPS) is 25.9. The van der Waals surface area contributed by atoms with Crippen molar-refractivity contribution in [1.82, 2.24) is 20.1 Å². The van der Waals surface area contributed by atoms with Crippen molar-refractivity contribution in [2.75, 3.05) is 39.8 Å². The summed E-state index contributed by atoms with van der Waals surface area (Å²) >= 11 is 12.9. The quantitative estimate of drug-likeness (QED) is 0.537. The van der Waals surface area contributed by atoms with Gasteiger partial charge in [0.2, 0.25) is 5.91 Å². The van der Waals surface area contributed by atoms with Gasteiger partial charge in [-0.3, -0.25) is 9.78 Å². The van der Waals surface area contributed by atoms with Crippen LogP contribution in [0.25, 0.3) is 0 Å². The molecule has 4 atom stereocenters. The van der Waals surface area contributed by atoms with E-state index in [0.717, 1.165) is 37.2 Å². The van der Waals surface area contributed by atoms with Gasteiger partial charge < -0.3 is 20.0 Å². The van der Waals surface area contributed by atoms with Crippen molar-refractivity contribution in [3.05, 3.63) is 52.8 Å². The minimum Gasteiger partial charge on any atom is -0.341 e. The van der Waals surface area contributed by atoms with E-state index in [4.69, 9.17) is 28.2 Å². The second-order valence-corrected chi connectivity index (χ2v) is 12.9. The Labute approximate surface area is 237 Å². The van der Waals surface area contributed by atoms with Gasteiger partial charge >= 0.3 is 6.03 Å². The first-order chi connectivity index (χ1) is 18.1. The lowest BCUT2D eigenvalue weighted by molar-refractivity contribution is -0.933. The number of hydrogen-bond donors (Lipinski definition) is 2. The highest BCUT2D eigenvalue weighted by Gasteiger charge is 2.44. The van der Waals surface area contributed by atoms with Crippen LogP contribution in [0.15, 0.2) is 47.2 Å². The molecule has 2 fully saturated rings. The molecule has 1 aliphatic carbocycles. The number of rotatable bonds is 5. The summed E-state index contributed by atoms with van der Waals surface area (Å²) in [5, 5.41) is 3.19. The highest BCUT2D eigenvalue weighted by molar-refractivity contribution is 6.37.